The average molecular weight is 237 g/mol. The van der Waals surface area contributed by atoms with Crippen LogP contribution >= 0.6 is 0 Å². The SMILES string of the molecule is CCCNCCCc1c(C)nn(C(C)C)c1C. The molecule has 3 heteroatoms. The Morgan fingerprint density at radius 3 is 2.47 bits per heavy atom. The summed E-state index contributed by atoms with van der Waals surface area (Å²) in [5.41, 5.74) is 3.98. The van der Waals surface area contributed by atoms with Gasteiger partial charge in [-0.1, -0.05) is 6.92 Å². The predicted octanol–water partition coefficient (Wildman–Crippen LogP) is 3.01. The maximum absolute atomic E-state index is 4.62. The number of aromatic nitrogens is 2. The minimum atomic E-state index is 0.459. The van der Waals surface area contributed by atoms with Gasteiger partial charge in [-0.05, 0) is 65.6 Å². The molecule has 0 unspecified atom stereocenters. The molecular formula is C14H27N3. The summed E-state index contributed by atoms with van der Waals surface area (Å²) in [5, 5.41) is 8.07. The number of hydrogen-bond donors (Lipinski definition) is 1. The Kier molecular flexibility index (Phi) is 5.69. The number of nitrogens with one attached hydrogen (secondary N) is 1. The summed E-state index contributed by atoms with van der Waals surface area (Å²) < 4.78 is 2.14. The zero-order valence-electron chi connectivity index (χ0n) is 12.0. The highest BCUT2D eigenvalue weighted by molar-refractivity contribution is 5.25. The maximum Gasteiger partial charge on any atom is 0.0628 e. The van der Waals surface area contributed by atoms with Gasteiger partial charge in [-0.3, -0.25) is 4.68 Å². The van der Waals surface area contributed by atoms with Crippen LogP contribution in [-0.2, 0) is 6.42 Å². The van der Waals surface area contributed by atoms with Crippen molar-refractivity contribution in [2.75, 3.05) is 13.1 Å². The van der Waals surface area contributed by atoms with Crippen molar-refractivity contribution in [2.24, 2.45) is 0 Å². The van der Waals surface area contributed by atoms with Crippen LogP contribution in [0.3, 0.4) is 0 Å². The molecule has 0 radical (unpaired) electrons. The van der Waals surface area contributed by atoms with E-state index in [-0.39, 0.29) is 0 Å². The number of rotatable bonds is 7. The van der Waals surface area contributed by atoms with Crippen LogP contribution in [-0.4, -0.2) is 22.9 Å². The zero-order chi connectivity index (χ0) is 12.8. The molecule has 0 bridgehead atoms. The first kappa shape index (κ1) is 14.2. The standard InChI is InChI=1S/C14H27N3/c1-6-9-15-10-7-8-14-12(4)16-17(11(2)3)13(14)5/h11,15H,6-10H2,1-5H3. The van der Waals surface area contributed by atoms with Gasteiger partial charge in [0.15, 0.2) is 0 Å². The maximum atomic E-state index is 4.62. The fourth-order valence-electron chi connectivity index (χ4n) is 2.25. The van der Waals surface area contributed by atoms with E-state index < -0.39 is 0 Å². The Balaban J connectivity index is 2.53. The second-order valence-corrected chi connectivity index (χ2v) is 5.04. The van der Waals surface area contributed by atoms with E-state index >= 15 is 0 Å². The van der Waals surface area contributed by atoms with E-state index in [9.17, 15) is 0 Å². The number of aryl methyl sites for hydroxylation is 1. The van der Waals surface area contributed by atoms with E-state index in [0.717, 1.165) is 19.5 Å². The van der Waals surface area contributed by atoms with Crippen LogP contribution in [0, 0.1) is 13.8 Å². The highest BCUT2D eigenvalue weighted by atomic mass is 15.3. The summed E-state index contributed by atoms with van der Waals surface area (Å²) in [6, 6.07) is 0.459. The lowest BCUT2D eigenvalue weighted by Crippen LogP contribution is -2.16. The number of nitrogens with zero attached hydrogens (tertiary/aromatic N) is 2. The van der Waals surface area contributed by atoms with Crippen molar-refractivity contribution in [3.8, 4) is 0 Å². The quantitative estimate of drug-likeness (QED) is 0.739. The average Bonchev–Trinajstić information content (AvgIpc) is 2.56. The fraction of sp³-hybridized carbons (Fsp3) is 0.786. The monoisotopic (exact) mass is 237 g/mol. The second kappa shape index (κ2) is 6.80. The van der Waals surface area contributed by atoms with E-state index in [2.05, 4.69) is 49.7 Å². The van der Waals surface area contributed by atoms with Crippen LogP contribution in [0.4, 0.5) is 0 Å². The summed E-state index contributed by atoms with van der Waals surface area (Å²) in [5.74, 6) is 0. The minimum absolute atomic E-state index is 0.459. The summed E-state index contributed by atoms with van der Waals surface area (Å²) in [6.45, 7) is 13.1. The molecule has 0 spiro atoms. The lowest BCUT2D eigenvalue weighted by atomic mass is 10.1. The third kappa shape index (κ3) is 3.84. The van der Waals surface area contributed by atoms with E-state index in [4.69, 9.17) is 0 Å². The van der Waals surface area contributed by atoms with Crippen LogP contribution in [0.15, 0.2) is 0 Å². The Morgan fingerprint density at radius 2 is 1.94 bits per heavy atom. The van der Waals surface area contributed by atoms with Crippen LogP contribution in [0.1, 0.15) is 56.6 Å². The van der Waals surface area contributed by atoms with Crippen molar-refractivity contribution in [3.05, 3.63) is 17.0 Å². The molecule has 0 aliphatic carbocycles. The van der Waals surface area contributed by atoms with Crippen molar-refractivity contribution in [3.63, 3.8) is 0 Å². The van der Waals surface area contributed by atoms with E-state index in [0.29, 0.717) is 6.04 Å². The molecule has 3 nitrogen and oxygen atoms in total. The molecule has 0 saturated carbocycles. The van der Waals surface area contributed by atoms with E-state index in [1.165, 1.54) is 29.8 Å². The van der Waals surface area contributed by atoms with Crippen molar-refractivity contribution in [2.45, 2.75) is 59.9 Å². The van der Waals surface area contributed by atoms with Gasteiger partial charge < -0.3 is 5.32 Å². The summed E-state index contributed by atoms with van der Waals surface area (Å²) >= 11 is 0. The molecule has 0 fully saturated rings. The van der Waals surface area contributed by atoms with Crippen LogP contribution in [0.25, 0.3) is 0 Å². The minimum Gasteiger partial charge on any atom is -0.317 e. The van der Waals surface area contributed by atoms with Crippen molar-refractivity contribution < 1.29 is 0 Å². The smallest absolute Gasteiger partial charge is 0.0628 e. The first-order valence-corrected chi connectivity index (χ1v) is 6.83. The Hall–Kier alpha value is -0.830. The second-order valence-electron chi connectivity index (χ2n) is 5.04. The van der Waals surface area contributed by atoms with Gasteiger partial charge in [0.1, 0.15) is 0 Å². The van der Waals surface area contributed by atoms with Crippen LogP contribution in [0.2, 0.25) is 0 Å². The Labute approximate surface area is 106 Å². The molecule has 17 heavy (non-hydrogen) atoms. The summed E-state index contributed by atoms with van der Waals surface area (Å²) in [6.07, 6.45) is 3.55. The molecule has 1 aromatic rings. The van der Waals surface area contributed by atoms with Crippen molar-refractivity contribution in [1.29, 1.82) is 0 Å². The zero-order valence-corrected chi connectivity index (χ0v) is 12.0. The Morgan fingerprint density at radius 1 is 1.24 bits per heavy atom. The van der Waals surface area contributed by atoms with Gasteiger partial charge in [0.2, 0.25) is 0 Å². The number of hydrogen-bond acceptors (Lipinski definition) is 2. The van der Waals surface area contributed by atoms with Crippen LogP contribution in [0.5, 0.6) is 0 Å². The normalized spacial score (nSPS) is 11.4. The van der Waals surface area contributed by atoms with Crippen molar-refractivity contribution in [1.82, 2.24) is 15.1 Å². The van der Waals surface area contributed by atoms with Gasteiger partial charge in [0.25, 0.3) is 0 Å². The molecule has 0 atom stereocenters. The van der Waals surface area contributed by atoms with Gasteiger partial charge in [-0.2, -0.15) is 5.10 Å². The first-order chi connectivity index (χ1) is 8.07. The largest absolute Gasteiger partial charge is 0.317 e. The molecule has 1 N–H and O–H groups in total. The fourth-order valence-corrected chi connectivity index (χ4v) is 2.25. The molecule has 1 heterocycles. The topological polar surface area (TPSA) is 29.9 Å². The van der Waals surface area contributed by atoms with E-state index in [1.54, 1.807) is 0 Å². The molecule has 98 valence electrons. The van der Waals surface area contributed by atoms with Crippen LogP contribution < -0.4 is 5.32 Å². The molecule has 0 aromatic carbocycles. The highest BCUT2D eigenvalue weighted by Crippen LogP contribution is 2.18. The van der Waals surface area contributed by atoms with Gasteiger partial charge in [0, 0.05) is 11.7 Å². The lowest BCUT2D eigenvalue weighted by molar-refractivity contribution is 0.515. The molecule has 1 aromatic heterocycles. The molecule has 1 rings (SSSR count). The van der Waals surface area contributed by atoms with Gasteiger partial charge in [-0.15, -0.1) is 0 Å². The van der Waals surface area contributed by atoms with Gasteiger partial charge in [-0.25, -0.2) is 0 Å². The Bertz CT molecular complexity index is 339. The van der Waals surface area contributed by atoms with Crippen molar-refractivity contribution >= 4 is 0 Å². The molecular weight excluding hydrogens is 210 g/mol. The van der Waals surface area contributed by atoms with Gasteiger partial charge >= 0.3 is 0 Å². The van der Waals surface area contributed by atoms with Gasteiger partial charge in [0.05, 0.1) is 5.69 Å². The highest BCUT2D eigenvalue weighted by Gasteiger charge is 2.12. The molecule has 0 saturated heterocycles. The summed E-state index contributed by atoms with van der Waals surface area (Å²) in [7, 11) is 0. The molecule has 0 aliphatic heterocycles. The summed E-state index contributed by atoms with van der Waals surface area (Å²) in [4.78, 5) is 0. The third-order valence-electron chi connectivity index (χ3n) is 3.17. The third-order valence-corrected chi connectivity index (χ3v) is 3.17. The first-order valence-electron chi connectivity index (χ1n) is 6.83. The lowest BCUT2D eigenvalue weighted by Gasteiger charge is -2.08. The van der Waals surface area contributed by atoms with E-state index in [1.807, 2.05) is 0 Å². The predicted molar refractivity (Wildman–Crippen MR) is 73.6 cm³/mol. The molecule has 0 aliphatic rings. The molecule has 0 amide bonds.